The molecule has 0 unspecified atom stereocenters. The van der Waals surface area contributed by atoms with Crippen LogP contribution < -0.4 is 4.74 Å². The second kappa shape index (κ2) is 9.06. The van der Waals surface area contributed by atoms with Gasteiger partial charge in [-0.25, -0.2) is 0 Å². The van der Waals surface area contributed by atoms with Crippen molar-refractivity contribution >= 4 is 11.8 Å². The Kier molecular flexibility index (Phi) is 6.53. The van der Waals surface area contributed by atoms with Gasteiger partial charge in [0, 0.05) is 37.7 Å². The largest absolute Gasteiger partial charge is 0.494 e. The van der Waals surface area contributed by atoms with Crippen LogP contribution in [0.15, 0.2) is 24.3 Å². The average Bonchev–Trinajstić information content (AvgIpc) is 3.23. The summed E-state index contributed by atoms with van der Waals surface area (Å²) in [5.41, 5.74) is 0.692. The topological polar surface area (TPSA) is 49.9 Å². The maximum absolute atomic E-state index is 12.7. The van der Waals surface area contributed by atoms with Gasteiger partial charge in [-0.2, -0.15) is 0 Å². The second-order valence-electron chi connectivity index (χ2n) is 7.33. The first-order valence-electron chi connectivity index (χ1n) is 10.00. The first-order chi connectivity index (χ1) is 12.7. The van der Waals surface area contributed by atoms with E-state index in [0.717, 1.165) is 57.4 Å². The van der Waals surface area contributed by atoms with Crippen molar-refractivity contribution in [3.05, 3.63) is 29.8 Å². The summed E-state index contributed by atoms with van der Waals surface area (Å²) in [5, 5.41) is 0. The van der Waals surface area contributed by atoms with E-state index >= 15 is 0 Å². The molecule has 0 spiro atoms. The van der Waals surface area contributed by atoms with Crippen molar-refractivity contribution in [3.8, 4) is 5.75 Å². The van der Waals surface area contributed by atoms with Gasteiger partial charge in [0.05, 0.1) is 6.61 Å². The minimum absolute atomic E-state index is 0.0529. The number of piperidine rings is 1. The molecule has 0 radical (unpaired) electrons. The first kappa shape index (κ1) is 18.7. The van der Waals surface area contributed by atoms with Crippen LogP contribution in [0.1, 0.15) is 55.8 Å². The Morgan fingerprint density at radius 2 is 1.65 bits per heavy atom. The quantitative estimate of drug-likeness (QED) is 0.733. The molecule has 0 bridgehead atoms. The van der Waals surface area contributed by atoms with E-state index in [1.165, 1.54) is 0 Å². The Morgan fingerprint density at radius 3 is 2.27 bits per heavy atom. The Balaban J connectivity index is 1.49. The van der Waals surface area contributed by atoms with Gasteiger partial charge < -0.3 is 14.5 Å². The monoisotopic (exact) mass is 358 g/mol. The van der Waals surface area contributed by atoms with Gasteiger partial charge in [0.1, 0.15) is 5.75 Å². The Bertz CT molecular complexity index is 600. The molecule has 0 N–H and O–H groups in total. The molecule has 2 aliphatic rings. The summed E-state index contributed by atoms with van der Waals surface area (Å²) < 4.78 is 5.65. The van der Waals surface area contributed by atoms with Crippen LogP contribution in [0.2, 0.25) is 0 Å². The first-order valence-corrected chi connectivity index (χ1v) is 10.00. The number of nitrogens with zero attached hydrogens (tertiary/aromatic N) is 2. The van der Waals surface area contributed by atoms with Crippen molar-refractivity contribution < 1.29 is 14.3 Å². The van der Waals surface area contributed by atoms with E-state index in [4.69, 9.17) is 4.74 Å². The summed E-state index contributed by atoms with van der Waals surface area (Å²) in [6.45, 7) is 5.99. The predicted molar refractivity (Wildman–Crippen MR) is 101 cm³/mol. The van der Waals surface area contributed by atoms with Crippen molar-refractivity contribution in [2.24, 2.45) is 5.92 Å². The number of unbranched alkanes of at least 4 members (excludes halogenated alkanes) is 1. The number of hydrogen-bond acceptors (Lipinski definition) is 3. The summed E-state index contributed by atoms with van der Waals surface area (Å²) in [7, 11) is 0. The van der Waals surface area contributed by atoms with E-state index in [1.54, 1.807) is 0 Å². The molecule has 2 fully saturated rings. The molecule has 2 amide bonds. The molecule has 2 aliphatic heterocycles. The number of likely N-dealkylation sites (tertiary alicyclic amines) is 2. The van der Waals surface area contributed by atoms with E-state index in [9.17, 15) is 9.59 Å². The summed E-state index contributed by atoms with van der Waals surface area (Å²) in [5.74, 6) is 1.25. The minimum atomic E-state index is 0.0529. The van der Waals surface area contributed by atoms with Crippen LogP contribution in [0, 0.1) is 5.92 Å². The maximum Gasteiger partial charge on any atom is 0.253 e. The van der Waals surface area contributed by atoms with Crippen molar-refractivity contribution in [2.45, 2.75) is 45.4 Å². The average molecular weight is 358 g/mol. The third-order valence-electron chi connectivity index (χ3n) is 5.42. The van der Waals surface area contributed by atoms with Crippen molar-refractivity contribution in [3.63, 3.8) is 0 Å². The van der Waals surface area contributed by atoms with Gasteiger partial charge in [-0.05, 0) is 56.4 Å². The molecule has 2 heterocycles. The molecule has 5 nitrogen and oxygen atoms in total. The second-order valence-corrected chi connectivity index (χ2v) is 7.33. The van der Waals surface area contributed by atoms with Gasteiger partial charge in [-0.15, -0.1) is 0 Å². The van der Waals surface area contributed by atoms with E-state index in [2.05, 4.69) is 6.92 Å². The zero-order valence-electron chi connectivity index (χ0n) is 15.8. The summed E-state index contributed by atoms with van der Waals surface area (Å²) in [6.07, 6.45) is 5.94. The molecule has 0 aliphatic carbocycles. The van der Waals surface area contributed by atoms with Gasteiger partial charge in [-0.1, -0.05) is 13.3 Å². The number of carbonyl (C=O) groups excluding carboxylic acids is 2. The van der Waals surface area contributed by atoms with Gasteiger partial charge >= 0.3 is 0 Å². The highest BCUT2D eigenvalue weighted by molar-refractivity contribution is 5.94. The molecule has 0 saturated carbocycles. The zero-order chi connectivity index (χ0) is 18.4. The molecule has 3 rings (SSSR count). The van der Waals surface area contributed by atoms with Crippen molar-refractivity contribution in [2.75, 3.05) is 32.8 Å². The van der Waals surface area contributed by atoms with Gasteiger partial charge in [0.2, 0.25) is 5.91 Å². The zero-order valence-corrected chi connectivity index (χ0v) is 15.8. The number of ether oxygens (including phenoxy) is 1. The molecule has 26 heavy (non-hydrogen) atoms. The molecular formula is C21H30N2O3. The molecule has 0 aromatic heterocycles. The summed E-state index contributed by atoms with van der Waals surface area (Å²) in [6, 6.07) is 7.41. The van der Waals surface area contributed by atoms with Crippen LogP contribution in [0.4, 0.5) is 0 Å². The van der Waals surface area contributed by atoms with Crippen LogP contribution in [-0.2, 0) is 4.79 Å². The summed E-state index contributed by atoms with van der Waals surface area (Å²) in [4.78, 5) is 29.1. The summed E-state index contributed by atoms with van der Waals surface area (Å²) >= 11 is 0. The molecule has 1 aromatic rings. The number of amides is 2. The van der Waals surface area contributed by atoms with E-state index in [0.29, 0.717) is 31.2 Å². The van der Waals surface area contributed by atoms with Gasteiger partial charge in [-0.3, -0.25) is 9.59 Å². The molecular weight excluding hydrogens is 328 g/mol. The lowest BCUT2D eigenvalue weighted by Crippen LogP contribution is -2.43. The number of carbonyl (C=O) groups is 2. The standard InChI is InChI=1S/C21H30N2O3/c1-2-3-16-26-19-8-6-17(7-9-19)20(24)23-14-10-18(11-15-23)21(25)22-12-4-5-13-22/h6-9,18H,2-5,10-16H2,1H3. The Hall–Kier alpha value is -2.04. The smallest absolute Gasteiger partial charge is 0.253 e. The molecule has 2 saturated heterocycles. The fourth-order valence-corrected chi connectivity index (χ4v) is 3.74. The number of rotatable bonds is 6. The molecule has 1 aromatic carbocycles. The van der Waals surface area contributed by atoms with Crippen molar-refractivity contribution in [1.29, 1.82) is 0 Å². The van der Waals surface area contributed by atoms with Crippen molar-refractivity contribution in [1.82, 2.24) is 9.80 Å². The van der Waals surface area contributed by atoms with Crippen LogP contribution in [0.3, 0.4) is 0 Å². The SMILES string of the molecule is CCCCOc1ccc(C(=O)N2CCC(C(=O)N3CCCC3)CC2)cc1. The minimum Gasteiger partial charge on any atom is -0.494 e. The van der Waals surface area contributed by atoms with Crippen LogP contribution in [-0.4, -0.2) is 54.4 Å². The Labute approximate surface area is 156 Å². The van der Waals surface area contributed by atoms with E-state index in [1.807, 2.05) is 34.1 Å². The lowest BCUT2D eigenvalue weighted by Gasteiger charge is -2.33. The Morgan fingerprint density at radius 1 is 1.00 bits per heavy atom. The van der Waals surface area contributed by atoms with Crippen LogP contribution in [0.5, 0.6) is 5.75 Å². The van der Waals surface area contributed by atoms with E-state index in [-0.39, 0.29) is 11.8 Å². The van der Waals surface area contributed by atoms with Crippen LogP contribution >= 0.6 is 0 Å². The molecule has 142 valence electrons. The van der Waals surface area contributed by atoms with E-state index < -0.39 is 0 Å². The lowest BCUT2D eigenvalue weighted by atomic mass is 9.95. The maximum atomic E-state index is 12.7. The van der Waals surface area contributed by atoms with Crippen LogP contribution in [0.25, 0.3) is 0 Å². The predicted octanol–water partition coefficient (Wildman–Crippen LogP) is 3.34. The normalized spacial score (nSPS) is 18.2. The number of hydrogen-bond donors (Lipinski definition) is 0. The highest BCUT2D eigenvalue weighted by Crippen LogP contribution is 2.23. The third kappa shape index (κ3) is 4.57. The molecule has 5 heteroatoms. The highest BCUT2D eigenvalue weighted by Gasteiger charge is 2.31. The third-order valence-corrected chi connectivity index (χ3v) is 5.42. The number of benzene rings is 1. The fraction of sp³-hybridized carbons (Fsp3) is 0.619. The highest BCUT2D eigenvalue weighted by atomic mass is 16.5. The lowest BCUT2D eigenvalue weighted by molar-refractivity contribution is -0.135. The fourth-order valence-electron chi connectivity index (χ4n) is 3.74. The van der Waals surface area contributed by atoms with Gasteiger partial charge in [0.25, 0.3) is 5.91 Å². The molecule has 0 atom stereocenters. The van der Waals surface area contributed by atoms with Gasteiger partial charge in [0.15, 0.2) is 0 Å².